The van der Waals surface area contributed by atoms with Crippen LogP contribution in [0.4, 0.5) is 4.79 Å². The zero-order valence-electron chi connectivity index (χ0n) is 20.4. The predicted molar refractivity (Wildman–Crippen MR) is 128 cm³/mol. The minimum atomic E-state index is -0.504. The van der Waals surface area contributed by atoms with E-state index in [0.29, 0.717) is 13.1 Å². The molecule has 0 atom stereocenters. The number of hydrogen-bond acceptors (Lipinski definition) is 6. The van der Waals surface area contributed by atoms with Gasteiger partial charge in [-0.25, -0.2) is 9.78 Å². The van der Waals surface area contributed by atoms with Crippen LogP contribution in [-0.2, 0) is 27.0 Å². The van der Waals surface area contributed by atoms with Crippen LogP contribution in [-0.4, -0.2) is 46.4 Å². The van der Waals surface area contributed by atoms with E-state index in [1.165, 1.54) is 4.88 Å². The van der Waals surface area contributed by atoms with Crippen molar-refractivity contribution in [3.05, 3.63) is 34.3 Å². The molecule has 0 bridgehead atoms. The van der Waals surface area contributed by atoms with Crippen LogP contribution in [0.5, 0.6) is 0 Å². The van der Waals surface area contributed by atoms with Gasteiger partial charge in [-0.05, 0) is 66.4 Å². The van der Waals surface area contributed by atoms with Crippen LogP contribution in [0.2, 0.25) is 0 Å². The highest BCUT2D eigenvalue weighted by atomic mass is 32.1. The predicted octanol–water partition coefficient (Wildman–Crippen LogP) is 4.71. The third kappa shape index (κ3) is 4.32. The summed E-state index contributed by atoms with van der Waals surface area (Å²) >= 11 is 1.71. The number of fused-ring (bicyclic) bond motifs is 1. The molecule has 8 heteroatoms. The molecule has 6 nitrogen and oxygen atoms in total. The number of thiazole rings is 1. The van der Waals surface area contributed by atoms with E-state index < -0.39 is 12.7 Å². The van der Waals surface area contributed by atoms with Gasteiger partial charge in [-0.1, -0.05) is 18.2 Å². The Hall–Kier alpha value is -1.90. The molecule has 1 aromatic carbocycles. The molecule has 1 fully saturated rings. The number of benzene rings is 1. The van der Waals surface area contributed by atoms with E-state index in [1.54, 1.807) is 16.2 Å². The smallest absolute Gasteiger partial charge is 0.444 e. The van der Waals surface area contributed by atoms with Crippen molar-refractivity contribution in [2.45, 2.75) is 85.2 Å². The number of aromatic nitrogens is 1. The van der Waals surface area contributed by atoms with Gasteiger partial charge in [0.05, 0.1) is 23.4 Å². The van der Waals surface area contributed by atoms with Gasteiger partial charge >= 0.3 is 13.2 Å². The zero-order valence-corrected chi connectivity index (χ0v) is 21.2. The minimum absolute atomic E-state index is 0.281. The molecule has 4 rings (SSSR count). The van der Waals surface area contributed by atoms with E-state index in [-0.39, 0.29) is 17.3 Å². The maximum atomic E-state index is 12.5. The SMILES string of the molecule is Cc1c(B2OC(C)(C)C(C)(C)O2)cccc1-c1nc2c(s1)CCN(C(=O)OC(C)(C)C)C2. The third-order valence-electron chi connectivity index (χ3n) is 6.49. The summed E-state index contributed by atoms with van der Waals surface area (Å²) in [4.78, 5) is 20.4. The Bertz CT molecular complexity index is 1030. The highest BCUT2D eigenvalue weighted by Crippen LogP contribution is 2.38. The maximum Gasteiger partial charge on any atom is 0.495 e. The first kappa shape index (κ1) is 23.3. The van der Waals surface area contributed by atoms with E-state index >= 15 is 0 Å². The standard InChI is InChI=1S/C24H33BN2O4S/c1-15-16(10-9-11-17(15)25-30-23(5,6)24(7,8)31-25)20-26-18-14-27(13-12-19(18)32-20)21(28)29-22(2,3)4/h9-11H,12-14H2,1-8H3. The highest BCUT2D eigenvalue weighted by molar-refractivity contribution is 7.15. The van der Waals surface area contributed by atoms with Gasteiger partial charge in [0.25, 0.3) is 0 Å². The average molecular weight is 456 g/mol. The molecule has 1 amide bonds. The van der Waals surface area contributed by atoms with Gasteiger partial charge in [-0.2, -0.15) is 0 Å². The summed E-state index contributed by atoms with van der Waals surface area (Å²) in [5.74, 6) is 0. The van der Waals surface area contributed by atoms with E-state index in [4.69, 9.17) is 19.0 Å². The number of carbonyl (C=O) groups excluding carboxylic acids is 1. The van der Waals surface area contributed by atoms with Gasteiger partial charge in [-0.3, -0.25) is 0 Å². The summed E-state index contributed by atoms with van der Waals surface area (Å²) in [6, 6.07) is 6.20. The molecule has 1 aromatic heterocycles. The Balaban J connectivity index is 1.58. The van der Waals surface area contributed by atoms with Crippen molar-refractivity contribution in [2.24, 2.45) is 0 Å². The highest BCUT2D eigenvalue weighted by Gasteiger charge is 2.52. The quantitative estimate of drug-likeness (QED) is 0.613. The fourth-order valence-electron chi connectivity index (χ4n) is 3.91. The lowest BCUT2D eigenvalue weighted by molar-refractivity contribution is 0.00578. The second-order valence-corrected chi connectivity index (χ2v) is 11.7. The van der Waals surface area contributed by atoms with Crippen LogP contribution in [0.3, 0.4) is 0 Å². The van der Waals surface area contributed by atoms with Crippen LogP contribution in [0.15, 0.2) is 18.2 Å². The van der Waals surface area contributed by atoms with E-state index in [0.717, 1.165) is 33.7 Å². The second kappa shape index (κ2) is 7.85. The maximum absolute atomic E-state index is 12.5. The molecule has 172 valence electrons. The van der Waals surface area contributed by atoms with Crippen molar-refractivity contribution < 1.29 is 18.8 Å². The minimum Gasteiger partial charge on any atom is -0.444 e. The topological polar surface area (TPSA) is 60.9 Å². The lowest BCUT2D eigenvalue weighted by Gasteiger charge is -2.32. The molecule has 3 heterocycles. The second-order valence-electron chi connectivity index (χ2n) is 10.6. The molecule has 2 aromatic rings. The van der Waals surface area contributed by atoms with Crippen molar-refractivity contribution in [2.75, 3.05) is 6.54 Å². The lowest BCUT2D eigenvalue weighted by Crippen LogP contribution is -2.41. The molecule has 0 unspecified atom stereocenters. The molecule has 0 spiro atoms. The van der Waals surface area contributed by atoms with Gasteiger partial charge in [0, 0.05) is 23.4 Å². The first-order valence-electron chi connectivity index (χ1n) is 11.2. The summed E-state index contributed by atoms with van der Waals surface area (Å²) in [7, 11) is -0.405. The Morgan fingerprint density at radius 2 is 1.84 bits per heavy atom. The van der Waals surface area contributed by atoms with Gasteiger partial charge in [-0.15, -0.1) is 11.3 Å². The molecular weight excluding hydrogens is 423 g/mol. The Morgan fingerprint density at radius 1 is 1.19 bits per heavy atom. The fraction of sp³-hybridized carbons (Fsp3) is 0.583. The number of ether oxygens (including phenoxy) is 1. The van der Waals surface area contributed by atoms with Crippen molar-refractivity contribution in [3.63, 3.8) is 0 Å². The van der Waals surface area contributed by atoms with Crippen LogP contribution in [0, 0.1) is 6.92 Å². The summed E-state index contributed by atoms with van der Waals surface area (Å²) in [5, 5.41) is 0.969. The van der Waals surface area contributed by atoms with Crippen molar-refractivity contribution in [3.8, 4) is 10.6 Å². The summed E-state index contributed by atoms with van der Waals surface area (Å²) in [6.45, 7) is 17.2. The number of carbonyl (C=O) groups is 1. The Kier molecular flexibility index (Phi) is 5.71. The van der Waals surface area contributed by atoms with Crippen LogP contribution >= 0.6 is 11.3 Å². The normalized spacial score (nSPS) is 19.8. The van der Waals surface area contributed by atoms with Gasteiger partial charge in [0.15, 0.2) is 0 Å². The molecular formula is C24H33BN2O4S. The van der Waals surface area contributed by atoms with Crippen LogP contribution in [0.1, 0.15) is 64.6 Å². The van der Waals surface area contributed by atoms with E-state index in [2.05, 4.69) is 46.8 Å². The summed E-state index contributed by atoms with van der Waals surface area (Å²) in [6.07, 6.45) is 0.513. The Morgan fingerprint density at radius 3 is 2.47 bits per heavy atom. The monoisotopic (exact) mass is 456 g/mol. The molecule has 2 aliphatic rings. The Labute approximate surface area is 195 Å². The fourth-order valence-corrected chi connectivity index (χ4v) is 5.05. The zero-order chi connectivity index (χ0) is 23.5. The van der Waals surface area contributed by atoms with Crippen LogP contribution in [0.25, 0.3) is 10.6 Å². The molecule has 0 N–H and O–H groups in total. The molecule has 1 saturated heterocycles. The van der Waals surface area contributed by atoms with Crippen molar-refractivity contribution >= 4 is 30.0 Å². The number of rotatable bonds is 2. The molecule has 2 aliphatic heterocycles. The number of amides is 1. The molecule has 32 heavy (non-hydrogen) atoms. The van der Waals surface area contributed by atoms with Gasteiger partial charge in [0.1, 0.15) is 10.6 Å². The number of nitrogens with zero attached hydrogens (tertiary/aromatic N) is 2. The third-order valence-corrected chi connectivity index (χ3v) is 7.68. The van der Waals surface area contributed by atoms with Gasteiger partial charge < -0.3 is 18.9 Å². The summed E-state index contributed by atoms with van der Waals surface area (Å²) < 4.78 is 18.1. The van der Waals surface area contributed by atoms with E-state index in [1.807, 2.05) is 26.8 Å². The molecule has 0 saturated carbocycles. The lowest BCUT2D eigenvalue weighted by atomic mass is 9.75. The number of hydrogen-bond donors (Lipinski definition) is 0. The first-order valence-corrected chi connectivity index (χ1v) is 12.0. The van der Waals surface area contributed by atoms with Crippen molar-refractivity contribution in [1.82, 2.24) is 9.88 Å². The van der Waals surface area contributed by atoms with E-state index in [9.17, 15) is 4.79 Å². The largest absolute Gasteiger partial charge is 0.495 e. The molecule has 0 aliphatic carbocycles. The first-order chi connectivity index (χ1) is 14.8. The van der Waals surface area contributed by atoms with Gasteiger partial charge in [0.2, 0.25) is 0 Å². The average Bonchev–Trinajstić information content (AvgIpc) is 3.17. The molecule has 0 radical (unpaired) electrons. The van der Waals surface area contributed by atoms with Crippen molar-refractivity contribution in [1.29, 1.82) is 0 Å². The van der Waals surface area contributed by atoms with Crippen LogP contribution < -0.4 is 5.46 Å². The summed E-state index contributed by atoms with van der Waals surface area (Å²) in [5.41, 5.74) is 2.92.